The molecule has 0 fully saturated rings. The number of rotatable bonds is 0. The van der Waals surface area contributed by atoms with Gasteiger partial charge in [0.15, 0.2) is 0 Å². The molecule has 0 rings (SSSR count). The predicted molar refractivity (Wildman–Crippen MR) is 26.0 cm³/mol. The van der Waals surface area contributed by atoms with Gasteiger partial charge in [0.05, 0.1) is 0 Å². The fourth-order valence-corrected chi connectivity index (χ4v) is 0. The summed E-state index contributed by atoms with van der Waals surface area (Å²) in [5, 5.41) is 0. The third-order valence-corrected chi connectivity index (χ3v) is 0.236. The van der Waals surface area contributed by atoms with Crippen molar-refractivity contribution >= 4 is 9.69 Å². The Morgan fingerprint density at radius 2 is 1.83 bits per heavy atom. The predicted octanol–water partition coefficient (Wildman–Crippen LogP) is 2.08. The quantitative estimate of drug-likeness (QED) is 0.372. The molecule has 32 valence electrons. The van der Waals surface area contributed by atoms with Crippen molar-refractivity contribution in [2.24, 2.45) is 0 Å². The third kappa shape index (κ3) is 24.2. The van der Waals surface area contributed by atoms with Gasteiger partial charge in [0.2, 0.25) is 0 Å². The van der Waals surface area contributed by atoms with Crippen molar-refractivity contribution in [2.45, 2.75) is 6.92 Å². The summed E-state index contributed by atoms with van der Waals surface area (Å²) in [4.78, 5) is 0. The second-order valence-electron chi connectivity index (χ2n) is 0.569. The molecule has 0 heterocycles. The van der Waals surface area contributed by atoms with E-state index in [0.717, 1.165) is 17.3 Å². The van der Waals surface area contributed by atoms with Gasteiger partial charge in [-0.3, -0.25) is 0 Å². The Morgan fingerprint density at radius 3 is 1.83 bits per heavy atom. The molecule has 0 N–H and O–H groups in total. The molecule has 6 heavy (non-hydrogen) atoms. The number of hydrogen-bond donors (Lipinski definition) is 0. The topological polar surface area (TPSA) is 0 Å². The van der Waals surface area contributed by atoms with E-state index in [1.807, 2.05) is 13.0 Å². The minimum atomic E-state index is 0.847. The van der Waals surface area contributed by atoms with Crippen molar-refractivity contribution in [1.29, 1.82) is 0 Å². The Morgan fingerprint density at radius 1 is 1.67 bits per heavy atom. The van der Waals surface area contributed by atoms with E-state index < -0.39 is 0 Å². The Hall–Kier alpha value is 0.523. The summed E-state index contributed by atoms with van der Waals surface area (Å²) < 4.78 is 0. The first-order chi connectivity index (χ1) is 2.91. The van der Waals surface area contributed by atoms with Gasteiger partial charge in [-0.1, -0.05) is 0 Å². The fraction of sp³-hybridized carbons (Fsp3) is 0.250. The summed E-state index contributed by atoms with van der Waals surface area (Å²) in [5.74, 6) is 0. The molecular weight excluding hydrogens is 149 g/mol. The molecule has 0 aliphatic heterocycles. The van der Waals surface area contributed by atoms with Crippen LogP contribution in [0.4, 0.5) is 0 Å². The first kappa shape index (κ1) is 9.73. The van der Waals surface area contributed by atoms with Crippen LogP contribution in [0.3, 0.4) is 0 Å². The van der Waals surface area contributed by atoms with Crippen LogP contribution in [-0.2, 0) is 17.3 Å². The third-order valence-electron chi connectivity index (χ3n) is 0.236. The Balaban J connectivity index is 0. The zero-order valence-electron chi connectivity index (χ0n) is 3.95. The van der Waals surface area contributed by atoms with E-state index in [9.17, 15) is 0 Å². The summed E-state index contributed by atoms with van der Waals surface area (Å²) in [7, 11) is 4.76. The standard InChI is InChI=1S/C4H7.ClH.Zn/c1-3-4-2;;/h3-4H,1H2,2H3;1H;/q-1;;+2/p-1/b4-3+;;. The summed E-state index contributed by atoms with van der Waals surface area (Å²) in [6, 6.07) is 0. The normalized spacial score (nSPS) is 7.33. The van der Waals surface area contributed by atoms with Crippen molar-refractivity contribution in [1.82, 2.24) is 0 Å². The molecule has 0 aromatic heterocycles. The van der Waals surface area contributed by atoms with E-state index in [4.69, 9.17) is 9.69 Å². The van der Waals surface area contributed by atoms with Gasteiger partial charge in [0.1, 0.15) is 0 Å². The summed E-state index contributed by atoms with van der Waals surface area (Å²) in [6.45, 7) is 5.36. The number of hydrogen-bond acceptors (Lipinski definition) is 0. The molecule has 0 nitrogen and oxygen atoms in total. The molecular formula is C4H7ClZn. The minimum absolute atomic E-state index is 0.847. The number of allylic oxidation sites excluding steroid dienone is 2. The van der Waals surface area contributed by atoms with Crippen LogP contribution in [0.2, 0.25) is 0 Å². The van der Waals surface area contributed by atoms with Crippen LogP contribution in [0.25, 0.3) is 0 Å². The van der Waals surface area contributed by atoms with Crippen LogP contribution in [0.15, 0.2) is 12.2 Å². The van der Waals surface area contributed by atoms with Crippen LogP contribution in [0.5, 0.6) is 0 Å². The first-order valence-electron chi connectivity index (χ1n) is 1.59. The van der Waals surface area contributed by atoms with Gasteiger partial charge >= 0.3 is 27.0 Å². The Kier molecular flexibility index (Phi) is 28.8. The van der Waals surface area contributed by atoms with Crippen LogP contribution < -0.4 is 0 Å². The molecule has 0 radical (unpaired) electrons. The molecule has 0 aromatic carbocycles. The van der Waals surface area contributed by atoms with Gasteiger partial charge in [-0.25, -0.2) is 19.1 Å². The zero-order chi connectivity index (χ0) is 5.41. The first-order valence-corrected chi connectivity index (χ1v) is 5.49. The van der Waals surface area contributed by atoms with Gasteiger partial charge in [-0.05, 0) is 0 Å². The average molecular weight is 156 g/mol. The van der Waals surface area contributed by atoms with Crippen molar-refractivity contribution in [3.05, 3.63) is 19.1 Å². The van der Waals surface area contributed by atoms with Crippen LogP contribution >= 0.6 is 9.69 Å². The molecule has 0 aliphatic rings. The molecule has 0 saturated carbocycles. The SMILES string of the molecule is [CH2-]/C=C/C.[Cl][Zn+]. The fourth-order valence-electron chi connectivity index (χ4n) is 0. The molecule has 0 atom stereocenters. The van der Waals surface area contributed by atoms with Gasteiger partial charge in [0, 0.05) is 0 Å². The van der Waals surface area contributed by atoms with Gasteiger partial charge in [-0.2, -0.15) is 0 Å². The van der Waals surface area contributed by atoms with E-state index in [-0.39, 0.29) is 0 Å². The van der Waals surface area contributed by atoms with Crippen molar-refractivity contribution < 1.29 is 17.3 Å². The van der Waals surface area contributed by atoms with E-state index in [2.05, 4.69) is 6.92 Å². The Bertz CT molecular complexity index is 22.7. The molecule has 0 bridgehead atoms. The van der Waals surface area contributed by atoms with E-state index in [1.54, 1.807) is 6.08 Å². The second-order valence-corrected chi connectivity index (χ2v) is 0.569. The average Bonchev–Trinajstić information content (AvgIpc) is 1.72. The van der Waals surface area contributed by atoms with Crippen molar-refractivity contribution in [2.75, 3.05) is 0 Å². The summed E-state index contributed by atoms with van der Waals surface area (Å²) in [6.07, 6.45) is 3.64. The summed E-state index contributed by atoms with van der Waals surface area (Å²) >= 11 is 0.847. The van der Waals surface area contributed by atoms with Crippen LogP contribution in [0.1, 0.15) is 6.92 Å². The molecule has 0 spiro atoms. The van der Waals surface area contributed by atoms with E-state index in [1.165, 1.54) is 0 Å². The maximum atomic E-state index is 4.76. The second kappa shape index (κ2) is 17.7. The van der Waals surface area contributed by atoms with Crippen molar-refractivity contribution in [3.8, 4) is 0 Å². The molecule has 0 amide bonds. The number of halogens is 1. The molecule has 0 unspecified atom stereocenters. The van der Waals surface area contributed by atoms with Crippen molar-refractivity contribution in [3.63, 3.8) is 0 Å². The van der Waals surface area contributed by atoms with E-state index in [0.29, 0.717) is 0 Å². The molecule has 0 aromatic rings. The van der Waals surface area contributed by atoms with Crippen LogP contribution in [-0.4, -0.2) is 0 Å². The van der Waals surface area contributed by atoms with Crippen LogP contribution in [0, 0.1) is 6.92 Å². The zero-order valence-corrected chi connectivity index (χ0v) is 7.67. The van der Waals surface area contributed by atoms with Gasteiger partial charge in [0.25, 0.3) is 0 Å². The van der Waals surface area contributed by atoms with Gasteiger partial charge < -0.3 is 0 Å². The molecule has 2 heteroatoms. The van der Waals surface area contributed by atoms with Gasteiger partial charge in [-0.15, -0.1) is 6.92 Å². The van der Waals surface area contributed by atoms with E-state index >= 15 is 0 Å². The summed E-state index contributed by atoms with van der Waals surface area (Å²) in [5.41, 5.74) is 0. The molecule has 0 saturated heterocycles. The maximum absolute atomic E-state index is 4.76. The Labute approximate surface area is 53.3 Å². The molecule has 0 aliphatic carbocycles. The monoisotopic (exact) mass is 154 g/mol.